The van der Waals surface area contributed by atoms with Crippen LogP contribution in [0.4, 0.5) is 0 Å². The Morgan fingerprint density at radius 1 is 1.46 bits per heavy atom. The molecule has 1 saturated heterocycles. The Labute approximate surface area is 79.4 Å². The van der Waals surface area contributed by atoms with Crippen molar-refractivity contribution in [2.75, 3.05) is 6.61 Å². The quantitative estimate of drug-likeness (QED) is 0.588. The van der Waals surface area contributed by atoms with E-state index in [1.54, 1.807) is 0 Å². The van der Waals surface area contributed by atoms with Crippen LogP contribution in [0.15, 0.2) is 0 Å². The Bertz CT molecular complexity index is 168. The average Bonchev–Trinajstić information content (AvgIpc) is 1.98. The van der Waals surface area contributed by atoms with E-state index < -0.39 is 0 Å². The largest absolute Gasteiger partial charge is 0.436 e. The predicted octanol–water partition coefficient (Wildman–Crippen LogP) is 2.10. The fourth-order valence-electron chi connectivity index (χ4n) is 1.59. The lowest BCUT2D eigenvalue weighted by Crippen LogP contribution is -2.24. The summed E-state index contributed by atoms with van der Waals surface area (Å²) >= 11 is 0. The van der Waals surface area contributed by atoms with Crippen LogP contribution in [0.3, 0.4) is 0 Å². The topological polar surface area (TPSA) is 35.5 Å². The van der Waals surface area contributed by atoms with Crippen LogP contribution in [0.1, 0.15) is 39.5 Å². The van der Waals surface area contributed by atoms with E-state index in [-0.39, 0.29) is 12.3 Å². The minimum Gasteiger partial charge on any atom is -0.436 e. The van der Waals surface area contributed by atoms with E-state index in [2.05, 4.69) is 6.92 Å². The van der Waals surface area contributed by atoms with E-state index in [1.807, 2.05) is 0 Å². The predicted molar refractivity (Wildman–Crippen MR) is 49.1 cm³/mol. The Kier molecular flexibility index (Phi) is 4.22. The van der Waals surface area contributed by atoms with Crippen molar-refractivity contribution in [3.63, 3.8) is 0 Å². The molecule has 0 aromatic heterocycles. The zero-order chi connectivity index (χ0) is 9.68. The first kappa shape index (κ1) is 10.5. The standard InChI is InChI=1S/C10H18O3/c1-8-5-3-4-6-12-10(7-8)13-9(2)11/h8,10H,3-7H2,1-2H3/t8-,10?/m0/s1. The Balaban J connectivity index is 2.36. The summed E-state index contributed by atoms with van der Waals surface area (Å²) in [7, 11) is 0. The fourth-order valence-corrected chi connectivity index (χ4v) is 1.59. The maximum Gasteiger partial charge on any atom is 0.304 e. The number of esters is 1. The van der Waals surface area contributed by atoms with E-state index >= 15 is 0 Å². The first-order chi connectivity index (χ1) is 6.18. The van der Waals surface area contributed by atoms with Gasteiger partial charge in [0, 0.05) is 13.3 Å². The Hall–Kier alpha value is -0.570. The minimum absolute atomic E-state index is 0.252. The zero-order valence-corrected chi connectivity index (χ0v) is 8.41. The van der Waals surface area contributed by atoms with Crippen LogP contribution in [0.5, 0.6) is 0 Å². The van der Waals surface area contributed by atoms with Crippen molar-refractivity contribution in [1.82, 2.24) is 0 Å². The van der Waals surface area contributed by atoms with E-state index in [4.69, 9.17) is 9.47 Å². The van der Waals surface area contributed by atoms with E-state index in [1.165, 1.54) is 19.8 Å². The van der Waals surface area contributed by atoms with Gasteiger partial charge >= 0.3 is 5.97 Å². The number of carbonyl (C=O) groups excluding carboxylic acids is 1. The number of hydrogen-bond donors (Lipinski definition) is 0. The maximum absolute atomic E-state index is 10.7. The second-order valence-corrected chi connectivity index (χ2v) is 3.75. The third kappa shape index (κ3) is 4.27. The van der Waals surface area contributed by atoms with Crippen LogP contribution in [0, 0.1) is 5.92 Å². The van der Waals surface area contributed by atoms with Gasteiger partial charge in [-0.15, -0.1) is 0 Å². The Morgan fingerprint density at radius 2 is 2.23 bits per heavy atom. The zero-order valence-electron chi connectivity index (χ0n) is 8.41. The summed E-state index contributed by atoms with van der Waals surface area (Å²) in [5.74, 6) is 0.336. The van der Waals surface area contributed by atoms with Gasteiger partial charge < -0.3 is 9.47 Å². The number of carbonyl (C=O) groups is 1. The van der Waals surface area contributed by atoms with E-state index in [9.17, 15) is 4.79 Å². The van der Waals surface area contributed by atoms with Gasteiger partial charge in [-0.2, -0.15) is 0 Å². The summed E-state index contributed by atoms with van der Waals surface area (Å²) in [5, 5.41) is 0. The molecule has 1 rings (SSSR count). The van der Waals surface area contributed by atoms with Gasteiger partial charge in [-0.3, -0.25) is 4.79 Å². The third-order valence-corrected chi connectivity index (χ3v) is 2.29. The smallest absolute Gasteiger partial charge is 0.304 e. The molecule has 3 nitrogen and oxygen atoms in total. The molecule has 1 fully saturated rings. The van der Waals surface area contributed by atoms with Gasteiger partial charge in [-0.1, -0.05) is 19.8 Å². The third-order valence-electron chi connectivity index (χ3n) is 2.29. The number of hydrogen-bond acceptors (Lipinski definition) is 3. The van der Waals surface area contributed by atoms with Crippen molar-refractivity contribution < 1.29 is 14.3 Å². The molecule has 0 saturated carbocycles. The highest BCUT2D eigenvalue weighted by Crippen LogP contribution is 2.20. The van der Waals surface area contributed by atoms with Crippen molar-refractivity contribution in [3.05, 3.63) is 0 Å². The van der Waals surface area contributed by atoms with Crippen LogP contribution in [-0.2, 0) is 14.3 Å². The van der Waals surface area contributed by atoms with Crippen molar-refractivity contribution in [2.24, 2.45) is 5.92 Å². The summed E-state index contributed by atoms with van der Waals surface area (Å²) in [5.41, 5.74) is 0. The molecule has 0 N–H and O–H groups in total. The van der Waals surface area contributed by atoms with Gasteiger partial charge in [0.15, 0.2) is 0 Å². The van der Waals surface area contributed by atoms with Crippen LogP contribution in [0.2, 0.25) is 0 Å². The monoisotopic (exact) mass is 186 g/mol. The van der Waals surface area contributed by atoms with Gasteiger partial charge in [0.05, 0.1) is 6.61 Å². The molecule has 0 bridgehead atoms. The first-order valence-corrected chi connectivity index (χ1v) is 4.97. The van der Waals surface area contributed by atoms with Crippen molar-refractivity contribution in [2.45, 2.75) is 45.8 Å². The molecule has 3 heteroatoms. The normalized spacial score (nSPS) is 30.3. The summed E-state index contributed by atoms with van der Waals surface area (Å²) in [4.78, 5) is 10.7. The highest BCUT2D eigenvalue weighted by Gasteiger charge is 2.18. The molecule has 1 unspecified atom stereocenters. The van der Waals surface area contributed by atoms with Gasteiger partial charge in [0.2, 0.25) is 6.29 Å². The van der Waals surface area contributed by atoms with Gasteiger partial charge in [0.25, 0.3) is 0 Å². The van der Waals surface area contributed by atoms with Crippen LogP contribution >= 0.6 is 0 Å². The molecule has 0 spiro atoms. The van der Waals surface area contributed by atoms with Crippen molar-refractivity contribution in [3.8, 4) is 0 Å². The molecule has 0 aromatic carbocycles. The summed E-state index contributed by atoms with van der Waals surface area (Å²) < 4.78 is 10.5. The second kappa shape index (κ2) is 5.22. The van der Waals surface area contributed by atoms with Gasteiger partial charge in [-0.25, -0.2) is 0 Å². The number of rotatable bonds is 1. The molecule has 76 valence electrons. The summed E-state index contributed by atoms with van der Waals surface area (Å²) in [6.45, 7) is 4.31. The molecule has 0 amide bonds. The highest BCUT2D eigenvalue weighted by molar-refractivity contribution is 5.66. The van der Waals surface area contributed by atoms with E-state index in [0.29, 0.717) is 12.5 Å². The lowest BCUT2D eigenvalue weighted by Gasteiger charge is -2.23. The SMILES string of the molecule is CC(=O)OC1C[C@@H](C)CCCCO1. The molecule has 1 aliphatic heterocycles. The molecule has 1 aliphatic rings. The van der Waals surface area contributed by atoms with Crippen LogP contribution in [0.25, 0.3) is 0 Å². The summed E-state index contributed by atoms with van der Waals surface area (Å²) in [6.07, 6.45) is 4.02. The molecule has 13 heavy (non-hydrogen) atoms. The van der Waals surface area contributed by atoms with E-state index in [0.717, 1.165) is 12.8 Å². The van der Waals surface area contributed by atoms with Gasteiger partial charge in [-0.05, 0) is 12.3 Å². The molecule has 0 aliphatic carbocycles. The van der Waals surface area contributed by atoms with Crippen LogP contribution in [-0.4, -0.2) is 18.9 Å². The molecule has 2 atom stereocenters. The molecule has 0 radical (unpaired) electrons. The highest BCUT2D eigenvalue weighted by atomic mass is 16.7. The fraction of sp³-hybridized carbons (Fsp3) is 0.900. The first-order valence-electron chi connectivity index (χ1n) is 4.97. The van der Waals surface area contributed by atoms with Crippen molar-refractivity contribution >= 4 is 5.97 Å². The molecule has 1 heterocycles. The molecule has 0 aromatic rings. The lowest BCUT2D eigenvalue weighted by atomic mass is 9.99. The minimum atomic E-state index is -0.312. The summed E-state index contributed by atoms with van der Waals surface area (Å²) in [6, 6.07) is 0. The Morgan fingerprint density at radius 3 is 2.92 bits per heavy atom. The van der Waals surface area contributed by atoms with Crippen molar-refractivity contribution in [1.29, 1.82) is 0 Å². The average molecular weight is 186 g/mol. The molecular weight excluding hydrogens is 168 g/mol. The maximum atomic E-state index is 10.7. The molecular formula is C10H18O3. The lowest BCUT2D eigenvalue weighted by molar-refractivity contribution is -0.181. The number of ether oxygens (including phenoxy) is 2. The second-order valence-electron chi connectivity index (χ2n) is 3.75. The van der Waals surface area contributed by atoms with Gasteiger partial charge in [0.1, 0.15) is 0 Å². The van der Waals surface area contributed by atoms with Crippen LogP contribution < -0.4 is 0 Å².